The normalized spacial score (nSPS) is 11.2. The van der Waals surface area contributed by atoms with E-state index in [1.807, 2.05) is 28.8 Å². The number of aliphatic hydroxyl groups excluding tert-OH is 2. The number of hydrogen-bond acceptors (Lipinski definition) is 4. The Morgan fingerprint density at radius 1 is 1.00 bits per heavy atom. The zero-order chi connectivity index (χ0) is 17.9. The van der Waals surface area contributed by atoms with Crippen molar-refractivity contribution in [3.05, 3.63) is 59.9 Å². The van der Waals surface area contributed by atoms with Crippen LogP contribution < -0.4 is 9.47 Å². The number of thioether (sulfide) groups is 1. The second-order valence-corrected chi connectivity index (χ2v) is 6.66. The second kappa shape index (κ2) is 10.9. The van der Waals surface area contributed by atoms with Crippen molar-refractivity contribution in [3.8, 4) is 0 Å². The Kier molecular flexibility index (Phi) is 8.52. The molecule has 2 N–H and O–H groups in total. The summed E-state index contributed by atoms with van der Waals surface area (Å²) in [7, 11) is 0. The second-order valence-electron chi connectivity index (χ2n) is 5.67. The third kappa shape index (κ3) is 6.20. The molecule has 0 bridgehead atoms. The first kappa shape index (κ1) is 19.5. The monoisotopic (exact) mass is 359 g/mol. The van der Waals surface area contributed by atoms with Gasteiger partial charge in [0.1, 0.15) is 0 Å². The number of aryl methyl sites for hydroxylation is 1. The average Bonchev–Trinajstić information content (AvgIpc) is 2.65. The fourth-order valence-corrected chi connectivity index (χ4v) is 3.00. The number of nitrogens with zero attached hydrogens (tertiary/aromatic N) is 2. The standard InChI is InChI=1S/C20H27N2O2S/c1-25-17-14-21-11-3-2-4-19(21)8-5-18-6-9-20(10-7-18)22(12-15-23)13-16-24/h2-11,23-24H,12-17H2,1H3/q+1. The molecule has 0 aliphatic heterocycles. The minimum Gasteiger partial charge on any atom is -0.395 e. The summed E-state index contributed by atoms with van der Waals surface area (Å²) in [5.74, 6) is 1.09. The smallest absolute Gasteiger partial charge is 0.205 e. The third-order valence-electron chi connectivity index (χ3n) is 3.96. The maximum absolute atomic E-state index is 9.14. The van der Waals surface area contributed by atoms with Gasteiger partial charge in [0.25, 0.3) is 0 Å². The Balaban J connectivity index is 2.09. The minimum absolute atomic E-state index is 0.0751. The Labute approximate surface area is 154 Å². The maximum Gasteiger partial charge on any atom is 0.205 e. The molecule has 0 radical (unpaired) electrons. The molecule has 1 aromatic heterocycles. The predicted molar refractivity (Wildman–Crippen MR) is 107 cm³/mol. The van der Waals surface area contributed by atoms with E-state index < -0.39 is 0 Å². The summed E-state index contributed by atoms with van der Waals surface area (Å²) < 4.78 is 2.26. The summed E-state index contributed by atoms with van der Waals surface area (Å²) in [4.78, 5) is 1.97. The van der Waals surface area contributed by atoms with Crippen LogP contribution in [0.4, 0.5) is 5.69 Å². The fraction of sp³-hybridized carbons (Fsp3) is 0.350. The molecule has 4 nitrogen and oxygen atoms in total. The summed E-state index contributed by atoms with van der Waals surface area (Å²) in [5, 5.41) is 18.3. The molecule has 0 spiro atoms. The highest BCUT2D eigenvalue weighted by molar-refractivity contribution is 7.98. The van der Waals surface area contributed by atoms with Gasteiger partial charge in [-0.2, -0.15) is 16.3 Å². The molecule has 1 heterocycles. The van der Waals surface area contributed by atoms with Crippen LogP contribution in [0.25, 0.3) is 12.2 Å². The van der Waals surface area contributed by atoms with Crippen molar-refractivity contribution in [2.75, 3.05) is 43.2 Å². The number of aliphatic hydroxyl groups is 2. The molecule has 0 aliphatic rings. The SMILES string of the molecule is CSCC[n+]1ccccc1/C=C/c1ccc(N(CCO)CCO)cc1. The van der Waals surface area contributed by atoms with E-state index in [4.69, 9.17) is 10.2 Å². The van der Waals surface area contributed by atoms with Crippen LogP contribution >= 0.6 is 11.8 Å². The molecular formula is C20H27N2O2S+. The molecule has 1 aromatic carbocycles. The van der Waals surface area contributed by atoms with Gasteiger partial charge in [-0.25, -0.2) is 0 Å². The Hall–Kier alpha value is -1.82. The first-order valence-electron chi connectivity index (χ1n) is 8.50. The lowest BCUT2D eigenvalue weighted by molar-refractivity contribution is -0.694. The molecule has 0 amide bonds. The number of pyridine rings is 1. The molecule has 2 rings (SSSR count). The minimum atomic E-state index is 0.0751. The van der Waals surface area contributed by atoms with E-state index in [1.165, 1.54) is 5.69 Å². The maximum atomic E-state index is 9.14. The van der Waals surface area contributed by atoms with Crippen molar-refractivity contribution in [3.63, 3.8) is 0 Å². The van der Waals surface area contributed by atoms with Gasteiger partial charge in [-0.1, -0.05) is 12.1 Å². The van der Waals surface area contributed by atoms with Gasteiger partial charge in [0.05, 0.1) is 19.0 Å². The summed E-state index contributed by atoms with van der Waals surface area (Å²) in [6, 6.07) is 14.4. The molecule has 5 heteroatoms. The van der Waals surface area contributed by atoms with Crippen LogP contribution in [0.3, 0.4) is 0 Å². The Bertz CT molecular complexity index is 653. The van der Waals surface area contributed by atoms with Crippen molar-refractivity contribution >= 4 is 29.6 Å². The van der Waals surface area contributed by atoms with E-state index in [2.05, 4.69) is 59.5 Å². The van der Waals surface area contributed by atoms with E-state index in [-0.39, 0.29) is 13.2 Å². The molecule has 0 saturated carbocycles. The first-order chi connectivity index (χ1) is 12.3. The fourth-order valence-electron chi connectivity index (χ4n) is 2.62. The number of hydrogen-bond donors (Lipinski definition) is 2. The molecule has 2 aromatic rings. The van der Waals surface area contributed by atoms with Crippen molar-refractivity contribution in [1.29, 1.82) is 0 Å². The van der Waals surface area contributed by atoms with Gasteiger partial charge in [0, 0.05) is 37.0 Å². The van der Waals surface area contributed by atoms with Crippen LogP contribution in [-0.2, 0) is 6.54 Å². The van der Waals surface area contributed by atoms with Gasteiger partial charge >= 0.3 is 0 Å². The summed E-state index contributed by atoms with van der Waals surface area (Å²) >= 11 is 1.85. The van der Waals surface area contributed by atoms with Crippen LogP contribution in [0.5, 0.6) is 0 Å². The predicted octanol–water partition coefficient (Wildman–Crippen LogP) is 2.30. The molecule has 134 valence electrons. The lowest BCUT2D eigenvalue weighted by Gasteiger charge is -2.22. The molecular weight excluding hydrogens is 332 g/mol. The number of benzene rings is 1. The zero-order valence-corrected chi connectivity index (χ0v) is 15.5. The molecule has 25 heavy (non-hydrogen) atoms. The summed E-state index contributed by atoms with van der Waals surface area (Å²) in [6.45, 7) is 2.19. The topological polar surface area (TPSA) is 47.6 Å². The van der Waals surface area contributed by atoms with Crippen LogP contribution in [0.2, 0.25) is 0 Å². The lowest BCUT2D eigenvalue weighted by Crippen LogP contribution is -2.37. The molecule has 0 fully saturated rings. The largest absolute Gasteiger partial charge is 0.395 e. The molecule has 0 aliphatic carbocycles. The Morgan fingerprint density at radius 3 is 2.36 bits per heavy atom. The van der Waals surface area contributed by atoms with Crippen LogP contribution in [-0.4, -0.2) is 48.5 Å². The highest BCUT2D eigenvalue weighted by Crippen LogP contribution is 2.16. The third-order valence-corrected chi connectivity index (χ3v) is 4.55. The van der Waals surface area contributed by atoms with E-state index >= 15 is 0 Å². The quantitative estimate of drug-likeness (QED) is 0.639. The van der Waals surface area contributed by atoms with E-state index in [1.54, 1.807) is 0 Å². The first-order valence-corrected chi connectivity index (χ1v) is 9.90. The number of aromatic nitrogens is 1. The zero-order valence-electron chi connectivity index (χ0n) is 14.7. The number of anilines is 1. The van der Waals surface area contributed by atoms with Crippen molar-refractivity contribution < 1.29 is 14.8 Å². The molecule has 0 atom stereocenters. The highest BCUT2D eigenvalue weighted by Gasteiger charge is 2.06. The summed E-state index contributed by atoms with van der Waals surface area (Å²) in [6.07, 6.45) is 8.48. The van der Waals surface area contributed by atoms with Crippen molar-refractivity contribution in [2.45, 2.75) is 6.54 Å². The number of rotatable bonds is 10. The Morgan fingerprint density at radius 2 is 1.72 bits per heavy atom. The van der Waals surface area contributed by atoms with Crippen molar-refractivity contribution in [2.24, 2.45) is 0 Å². The van der Waals surface area contributed by atoms with E-state index in [0.717, 1.165) is 23.5 Å². The molecule has 0 saturated heterocycles. The van der Waals surface area contributed by atoms with Crippen LogP contribution in [0, 0.1) is 0 Å². The van der Waals surface area contributed by atoms with Gasteiger partial charge in [-0.3, -0.25) is 0 Å². The van der Waals surface area contributed by atoms with Gasteiger partial charge in [-0.15, -0.1) is 0 Å². The van der Waals surface area contributed by atoms with Crippen LogP contribution in [0.1, 0.15) is 11.3 Å². The van der Waals surface area contributed by atoms with Gasteiger partial charge in [0.2, 0.25) is 5.69 Å². The van der Waals surface area contributed by atoms with Crippen LogP contribution in [0.15, 0.2) is 48.7 Å². The van der Waals surface area contributed by atoms with Gasteiger partial charge in [-0.05, 0) is 36.1 Å². The van der Waals surface area contributed by atoms with Gasteiger partial charge in [0.15, 0.2) is 12.7 Å². The van der Waals surface area contributed by atoms with Crippen molar-refractivity contribution in [1.82, 2.24) is 0 Å². The average molecular weight is 360 g/mol. The highest BCUT2D eigenvalue weighted by atomic mass is 32.2. The lowest BCUT2D eigenvalue weighted by atomic mass is 10.1. The van der Waals surface area contributed by atoms with E-state index in [9.17, 15) is 0 Å². The van der Waals surface area contributed by atoms with Gasteiger partial charge < -0.3 is 15.1 Å². The molecule has 0 unspecified atom stereocenters. The van der Waals surface area contributed by atoms with E-state index in [0.29, 0.717) is 13.1 Å². The summed E-state index contributed by atoms with van der Waals surface area (Å²) in [5.41, 5.74) is 3.31.